The second kappa shape index (κ2) is 4.28. The van der Waals surface area contributed by atoms with Crippen LogP contribution in [0.4, 0.5) is 0 Å². The highest BCUT2D eigenvalue weighted by Crippen LogP contribution is 2.18. The zero-order valence-corrected chi connectivity index (χ0v) is 7.70. The van der Waals surface area contributed by atoms with Crippen LogP contribution in [0.5, 0.6) is 5.75 Å². The van der Waals surface area contributed by atoms with E-state index in [9.17, 15) is 0 Å². The molecule has 1 N–H and O–H groups in total. The molecule has 2 nitrogen and oxygen atoms in total. The van der Waals surface area contributed by atoms with E-state index >= 15 is 0 Å². The third-order valence-corrected chi connectivity index (χ3v) is 2.44. The quantitative estimate of drug-likeness (QED) is 0.716. The van der Waals surface area contributed by atoms with Gasteiger partial charge in [0.05, 0.1) is 0 Å². The van der Waals surface area contributed by atoms with Gasteiger partial charge in [0.15, 0.2) is 0 Å². The standard InChI is InChI=1S/C11H15NO/c1-2-8-11(9-3-1)13-12-10-6-4-5-7-10/h1-3,8-10,12H,4-7H2. The van der Waals surface area contributed by atoms with Gasteiger partial charge in [-0.1, -0.05) is 31.0 Å². The first-order chi connectivity index (χ1) is 6.45. The summed E-state index contributed by atoms with van der Waals surface area (Å²) in [5.74, 6) is 0.898. The molecule has 0 bridgehead atoms. The Kier molecular flexibility index (Phi) is 2.82. The second-order valence-corrected chi connectivity index (χ2v) is 3.51. The van der Waals surface area contributed by atoms with Crippen molar-refractivity contribution < 1.29 is 4.84 Å². The molecule has 1 saturated carbocycles. The lowest BCUT2D eigenvalue weighted by atomic mass is 10.3. The molecular weight excluding hydrogens is 162 g/mol. The van der Waals surface area contributed by atoms with Crippen LogP contribution in [0.2, 0.25) is 0 Å². The van der Waals surface area contributed by atoms with Crippen molar-refractivity contribution in [3.63, 3.8) is 0 Å². The van der Waals surface area contributed by atoms with Gasteiger partial charge in [0.2, 0.25) is 0 Å². The van der Waals surface area contributed by atoms with Crippen molar-refractivity contribution in [3.8, 4) is 5.75 Å². The number of rotatable bonds is 3. The number of para-hydroxylation sites is 1. The van der Waals surface area contributed by atoms with Gasteiger partial charge in [0.25, 0.3) is 0 Å². The van der Waals surface area contributed by atoms with E-state index in [1.807, 2.05) is 30.3 Å². The number of benzene rings is 1. The molecule has 2 rings (SSSR count). The predicted molar refractivity (Wildman–Crippen MR) is 52.5 cm³/mol. The highest BCUT2D eigenvalue weighted by Gasteiger charge is 2.14. The smallest absolute Gasteiger partial charge is 0.147 e. The van der Waals surface area contributed by atoms with E-state index < -0.39 is 0 Å². The van der Waals surface area contributed by atoms with Gasteiger partial charge < -0.3 is 4.84 Å². The van der Waals surface area contributed by atoms with E-state index in [1.54, 1.807) is 0 Å². The molecule has 0 heterocycles. The van der Waals surface area contributed by atoms with Gasteiger partial charge >= 0.3 is 0 Å². The van der Waals surface area contributed by atoms with Crippen molar-refractivity contribution in [3.05, 3.63) is 30.3 Å². The van der Waals surface area contributed by atoms with Crippen molar-refractivity contribution in [1.82, 2.24) is 5.48 Å². The Hall–Kier alpha value is -1.02. The fraction of sp³-hybridized carbons (Fsp3) is 0.455. The van der Waals surface area contributed by atoms with Crippen LogP contribution in [-0.4, -0.2) is 6.04 Å². The minimum absolute atomic E-state index is 0.556. The Balaban J connectivity index is 1.79. The van der Waals surface area contributed by atoms with E-state index in [-0.39, 0.29) is 0 Å². The average molecular weight is 177 g/mol. The van der Waals surface area contributed by atoms with Crippen molar-refractivity contribution >= 4 is 0 Å². The van der Waals surface area contributed by atoms with Gasteiger partial charge in [0.1, 0.15) is 5.75 Å². The highest BCUT2D eigenvalue weighted by atomic mass is 16.6. The summed E-state index contributed by atoms with van der Waals surface area (Å²) < 4.78 is 0. The highest BCUT2D eigenvalue weighted by molar-refractivity contribution is 5.20. The van der Waals surface area contributed by atoms with E-state index in [0.29, 0.717) is 6.04 Å². The maximum atomic E-state index is 5.44. The van der Waals surface area contributed by atoms with E-state index in [2.05, 4.69) is 5.48 Å². The van der Waals surface area contributed by atoms with Crippen LogP contribution >= 0.6 is 0 Å². The maximum Gasteiger partial charge on any atom is 0.147 e. The molecule has 0 saturated heterocycles. The second-order valence-electron chi connectivity index (χ2n) is 3.51. The fourth-order valence-corrected chi connectivity index (χ4v) is 1.68. The largest absolute Gasteiger partial charge is 0.408 e. The third kappa shape index (κ3) is 2.46. The first-order valence-corrected chi connectivity index (χ1v) is 4.92. The molecule has 0 amide bonds. The first-order valence-electron chi connectivity index (χ1n) is 4.92. The molecule has 1 aliphatic rings. The Morgan fingerprint density at radius 1 is 1.08 bits per heavy atom. The maximum absolute atomic E-state index is 5.44. The molecule has 13 heavy (non-hydrogen) atoms. The molecule has 1 aromatic carbocycles. The minimum atomic E-state index is 0.556. The molecule has 0 aliphatic heterocycles. The summed E-state index contributed by atoms with van der Waals surface area (Å²) in [6.45, 7) is 0. The van der Waals surface area contributed by atoms with E-state index in [1.165, 1.54) is 25.7 Å². The molecule has 0 aromatic heterocycles. The van der Waals surface area contributed by atoms with Crippen LogP contribution in [0.1, 0.15) is 25.7 Å². The lowest BCUT2D eigenvalue weighted by molar-refractivity contribution is 0.156. The molecule has 0 radical (unpaired) electrons. The summed E-state index contributed by atoms with van der Waals surface area (Å²) in [6.07, 6.45) is 5.14. The Bertz CT molecular complexity index is 242. The molecule has 0 spiro atoms. The Morgan fingerprint density at radius 2 is 1.77 bits per heavy atom. The van der Waals surface area contributed by atoms with Crippen LogP contribution in [-0.2, 0) is 0 Å². The lowest BCUT2D eigenvalue weighted by Gasteiger charge is -2.12. The number of nitrogens with one attached hydrogen (secondary N) is 1. The molecule has 0 unspecified atom stereocenters. The third-order valence-electron chi connectivity index (χ3n) is 2.44. The van der Waals surface area contributed by atoms with Gasteiger partial charge in [-0.2, -0.15) is 5.48 Å². The minimum Gasteiger partial charge on any atom is -0.408 e. The predicted octanol–water partition coefficient (Wildman–Crippen LogP) is 2.51. The molecule has 1 aliphatic carbocycles. The topological polar surface area (TPSA) is 21.3 Å². The van der Waals surface area contributed by atoms with Crippen LogP contribution < -0.4 is 10.3 Å². The molecular formula is C11H15NO. The SMILES string of the molecule is c1ccc(ONC2CCCC2)cc1. The van der Waals surface area contributed by atoms with E-state index in [0.717, 1.165) is 5.75 Å². The fourth-order valence-electron chi connectivity index (χ4n) is 1.68. The number of hydrogen-bond acceptors (Lipinski definition) is 2. The number of hydrogen-bond donors (Lipinski definition) is 1. The van der Waals surface area contributed by atoms with Gasteiger partial charge in [-0.05, 0) is 25.0 Å². The molecule has 1 aromatic rings. The number of hydroxylamine groups is 1. The first kappa shape index (κ1) is 8.57. The van der Waals surface area contributed by atoms with Crippen LogP contribution in [0.15, 0.2) is 30.3 Å². The lowest BCUT2D eigenvalue weighted by Crippen LogP contribution is -2.29. The Morgan fingerprint density at radius 3 is 2.46 bits per heavy atom. The molecule has 1 fully saturated rings. The van der Waals surface area contributed by atoms with Crippen molar-refractivity contribution in [1.29, 1.82) is 0 Å². The Labute approximate surface area is 78.9 Å². The van der Waals surface area contributed by atoms with Gasteiger partial charge in [-0.15, -0.1) is 0 Å². The zero-order chi connectivity index (χ0) is 8.93. The summed E-state index contributed by atoms with van der Waals surface area (Å²) in [7, 11) is 0. The summed E-state index contributed by atoms with van der Waals surface area (Å²) in [6, 6.07) is 10.4. The zero-order valence-electron chi connectivity index (χ0n) is 7.70. The van der Waals surface area contributed by atoms with Crippen molar-refractivity contribution in [2.45, 2.75) is 31.7 Å². The van der Waals surface area contributed by atoms with E-state index in [4.69, 9.17) is 4.84 Å². The van der Waals surface area contributed by atoms with Crippen molar-refractivity contribution in [2.24, 2.45) is 0 Å². The van der Waals surface area contributed by atoms with Gasteiger partial charge in [-0.25, -0.2) is 0 Å². The van der Waals surface area contributed by atoms with Crippen LogP contribution in [0, 0.1) is 0 Å². The van der Waals surface area contributed by atoms with Crippen molar-refractivity contribution in [2.75, 3.05) is 0 Å². The monoisotopic (exact) mass is 177 g/mol. The summed E-state index contributed by atoms with van der Waals surface area (Å²) >= 11 is 0. The average Bonchev–Trinajstić information content (AvgIpc) is 2.69. The molecule has 0 atom stereocenters. The van der Waals surface area contributed by atoms with Crippen LogP contribution in [0.25, 0.3) is 0 Å². The van der Waals surface area contributed by atoms with Gasteiger partial charge in [0, 0.05) is 6.04 Å². The molecule has 70 valence electrons. The normalized spacial score (nSPS) is 17.5. The summed E-state index contributed by atoms with van der Waals surface area (Å²) in [5.41, 5.74) is 3.10. The summed E-state index contributed by atoms with van der Waals surface area (Å²) in [5, 5.41) is 0. The van der Waals surface area contributed by atoms with Gasteiger partial charge in [-0.3, -0.25) is 0 Å². The summed E-state index contributed by atoms with van der Waals surface area (Å²) in [4.78, 5) is 5.44. The van der Waals surface area contributed by atoms with Crippen LogP contribution in [0.3, 0.4) is 0 Å². The molecule has 2 heteroatoms.